The highest BCUT2D eigenvalue weighted by atomic mass is 79.9. The van der Waals surface area contributed by atoms with Gasteiger partial charge in [0.1, 0.15) is 28.5 Å². The van der Waals surface area contributed by atoms with Crippen molar-refractivity contribution in [1.82, 2.24) is 35.1 Å². The second kappa shape index (κ2) is 29.9. The van der Waals surface area contributed by atoms with Crippen LogP contribution in [0.15, 0.2) is 196 Å². The molecule has 8 aromatic rings. The summed E-state index contributed by atoms with van der Waals surface area (Å²) < 4.78 is 25.5. The Morgan fingerprint density at radius 1 is 0.487 bits per heavy atom. The first-order valence-corrected chi connectivity index (χ1v) is 28.2. The molecule has 0 aliphatic rings. The quantitative estimate of drug-likeness (QED) is 0.0943. The van der Waals surface area contributed by atoms with Gasteiger partial charge in [-0.1, -0.05) is 121 Å². The van der Waals surface area contributed by atoms with Crippen molar-refractivity contribution >= 4 is 60.0 Å². The third-order valence-electron chi connectivity index (χ3n) is 11.9. The Morgan fingerprint density at radius 2 is 0.787 bits per heavy atom. The number of amides is 2. The highest BCUT2D eigenvalue weighted by Crippen LogP contribution is 2.32. The fourth-order valence-corrected chi connectivity index (χ4v) is 8.85. The topological polar surface area (TPSA) is 161 Å². The first kappa shape index (κ1) is 62.0. The highest BCUT2D eigenvalue weighted by molar-refractivity contribution is 9.11. The fraction of sp³-hybridized carbons (Fsp3) is 0.270. The van der Waals surface area contributed by atoms with Gasteiger partial charge in [-0.05, 0) is 155 Å². The minimum Gasteiger partial charge on any atom is -0.508 e. The molecule has 80 heavy (non-hydrogen) atoms. The van der Waals surface area contributed by atoms with Crippen molar-refractivity contribution in [3.8, 4) is 29.0 Å². The SMILES string of the molecule is CN(CC(c1ccc(Br)cc1)c1ccc(Oc2cnccn2)cc1)C(=O)OC(C)(C)C.CN(CC(c1ccc(O)cc1)c1ccc(Br)cc1)C(=O)OC(C)(C)C.CNCC(c1ccc(Br)cc1)c1ccc(Oc2cnccn2)cc1. The van der Waals surface area contributed by atoms with Gasteiger partial charge in [0.2, 0.25) is 11.8 Å². The molecule has 6 aromatic carbocycles. The minimum absolute atomic E-state index is 0.0220. The number of aromatic nitrogens is 4. The van der Waals surface area contributed by atoms with Crippen LogP contribution < -0.4 is 14.8 Å². The summed E-state index contributed by atoms with van der Waals surface area (Å²) in [5.74, 6) is 2.79. The molecule has 0 saturated heterocycles. The summed E-state index contributed by atoms with van der Waals surface area (Å²) in [6, 6.07) is 47.6. The maximum absolute atomic E-state index is 12.5. The van der Waals surface area contributed by atoms with Crippen LogP contribution in [0.3, 0.4) is 0 Å². The van der Waals surface area contributed by atoms with Gasteiger partial charge in [0.25, 0.3) is 0 Å². The van der Waals surface area contributed by atoms with Crippen LogP contribution in [0.2, 0.25) is 0 Å². The summed E-state index contributed by atoms with van der Waals surface area (Å²) in [7, 11) is 5.46. The van der Waals surface area contributed by atoms with Crippen molar-refractivity contribution in [3.63, 3.8) is 0 Å². The molecule has 2 heterocycles. The first-order valence-electron chi connectivity index (χ1n) is 25.8. The maximum Gasteiger partial charge on any atom is 0.410 e. The van der Waals surface area contributed by atoms with E-state index in [1.54, 1.807) is 73.2 Å². The number of carbonyl (C=O) groups is 2. The molecule has 418 valence electrons. The van der Waals surface area contributed by atoms with Crippen molar-refractivity contribution < 1.29 is 33.6 Å². The zero-order valence-corrected chi connectivity index (χ0v) is 51.1. The number of carbonyl (C=O) groups excluding carboxylic acids is 2. The van der Waals surface area contributed by atoms with Gasteiger partial charge in [0.05, 0.1) is 12.4 Å². The number of nitrogens with zero attached hydrogens (tertiary/aromatic N) is 6. The Kier molecular flexibility index (Phi) is 23.2. The molecule has 0 aliphatic heterocycles. The molecule has 17 heteroatoms. The molecule has 2 amide bonds. The van der Waals surface area contributed by atoms with Gasteiger partial charge >= 0.3 is 12.2 Å². The lowest BCUT2D eigenvalue weighted by molar-refractivity contribution is 0.0283. The van der Waals surface area contributed by atoms with Gasteiger partial charge in [0, 0.05) is 89.7 Å². The Balaban J connectivity index is 0.000000196. The number of phenolic OH excluding ortho intramolecular Hbond substituents is 1. The van der Waals surface area contributed by atoms with Crippen LogP contribution in [0.1, 0.15) is 92.7 Å². The molecule has 0 radical (unpaired) electrons. The molecular formula is C63H68Br3N7O7. The summed E-state index contributed by atoms with van der Waals surface area (Å²) in [5.41, 5.74) is 5.70. The molecule has 8 rings (SSSR count). The Hall–Kier alpha value is -7.18. The Bertz CT molecular complexity index is 3090. The van der Waals surface area contributed by atoms with Crippen LogP contribution in [0, 0.1) is 0 Å². The maximum atomic E-state index is 12.5. The van der Waals surface area contributed by atoms with Crippen LogP contribution in [-0.2, 0) is 9.47 Å². The number of ether oxygens (including phenoxy) is 4. The average molecular weight is 1270 g/mol. The normalized spacial score (nSPS) is 12.2. The predicted octanol–water partition coefficient (Wildman–Crippen LogP) is 15.6. The van der Waals surface area contributed by atoms with Crippen molar-refractivity contribution in [2.75, 3.05) is 40.8 Å². The molecule has 3 atom stereocenters. The minimum atomic E-state index is -0.544. The lowest BCUT2D eigenvalue weighted by Crippen LogP contribution is -2.36. The third kappa shape index (κ3) is 20.5. The zero-order valence-electron chi connectivity index (χ0n) is 46.4. The second-order valence-corrected chi connectivity index (χ2v) is 23.4. The van der Waals surface area contributed by atoms with E-state index in [1.165, 1.54) is 11.1 Å². The van der Waals surface area contributed by atoms with Gasteiger partial charge in [0.15, 0.2) is 0 Å². The van der Waals surface area contributed by atoms with E-state index in [-0.39, 0.29) is 35.7 Å². The van der Waals surface area contributed by atoms with Crippen molar-refractivity contribution in [3.05, 3.63) is 230 Å². The van der Waals surface area contributed by atoms with E-state index in [1.807, 2.05) is 134 Å². The van der Waals surface area contributed by atoms with Crippen LogP contribution in [0.4, 0.5) is 9.59 Å². The Labute approximate surface area is 495 Å². The van der Waals surface area contributed by atoms with E-state index in [0.717, 1.165) is 48.0 Å². The predicted molar refractivity (Wildman–Crippen MR) is 325 cm³/mol. The largest absolute Gasteiger partial charge is 0.508 e. The molecule has 0 saturated carbocycles. The van der Waals surface area contributed by atoms with Gasteiger partial charge in [-0.15, -0.1) is 0 Å². The van der Waals surface area contributed by atoms with E-state index in [2.05, 4.69) is 122 Å². The summed E-state index contributed by atoms with van der Waals surface area (Å²) in [5, 5.41) is 12.8. The van der Waals surface area contributed by atoms with Gasteiger partial charge in [-0.2, -0.15) is 0 Å². The molecule has 0 spiro atoms. The number of aromatic hydroxyl groups is 1. The summed E-state index contributed by atoms with van der Waals surface area (Å²) in [6.07, 6.45) is 8.87. The fourth-order valence-electron chi connectivity index (χ4n) is 8.06. The number of likely N-dealkylation sites (N-methyl/N-ethyl adjacent to an activating group) is 3. The molecular weight excluding hydrogens is 1210 g/mol. The lowest BCUT2D eigenvalue weighted by Gasteiger charge is -2.28. The molecule has 14 nitrogen and oxygen atoms in total. The van der Waals surface area contributed by atoms with E-state index in [0.29, 0.717) is 30.6 Å². The van der Waals surface area contributed by atoms with Crippen LogP contribution in [0.5, 0.6) is 29.0 Å². The van der Waals surface area contributed by atoms with Gasteiger partial charge in [-0.25, -0.2) is 19.6 Å². The standard InChI is InChI=1S/C24H26BrN3O3.C20H24BrNO3.C19H18BrN3O/c1-24(2,3)31-23(29)28(4)16-21(17-5-9-19(25)10-6-17)18-7-11-20(12-8-18)30-22-15-26-13-14-27-22;1-20(2,3)25-19(24)22(4)13-18(14-5-9-16(21)10-6-14)15-7-11-17(23)12-8-15;1-21-12-18(14-2-6-16(20)7-3-14)15-4-8-17(9-5-15)24-19-13-22-10-11-23-19/h5-15,21H,16H2,1-4H3;5-12,18,23H,13H2,1-4H3;2-11,13,18,21H,12H2,1H3. The van der Waals surface area contributed by atoms with Crippen LogP contribution in [-0.4, -0.2) is 99.0 Å². The second-order valence-electron chi connectivity index (χ2n) is 20.6. The number of hydrogen-bond acceptors (Lipinski definition) is 12. The number of hydrogen-bond donors (Lipinski definition) is 2. The van der Waals surface area contributed by atoms with E-state index in [9.17, 15) is 14.7 Å². The molecule has 0 fully saturated rings. The smallest absolute Gasteiger partial charge is 0.410 e. The molecule has 0 aliphatic carbocycles. The number of nitrogens with one attached hydrogen (secondary N) is 1. The molecule has 3 unspecified atom stereocenters. The number of halogens is 3. The van der Waals surface area contributed by atoms with Crippen molar-refractivity contribution in [2.45, 2.75) is 70.5 Å². The third-order valence-corrected chi connectivity index (χ3v) is 13.5. The van der Waals surface area contributed by atoms with E-state index >= 15 is 0 Å². The number of phenols is 1. The van der Waals surface area contributed by atoms with Crippen LogP contribution in [0.25, 0.3) is 0 Å². The van der Waals surface area contributed by atoms with Gasteiger partial charge < -0.3 is 39.2 Å². The monoisotopic (exact) mass is 1270 g/mol. The first-order chi connectivity index (χ1) is 38.1. The van der Waals surface area contributed by atoms with E-state index in [4.69, 9.17) is 18.9 Å². The van der Waals surface area contributed by atoms with Gasteiger partial charge in [-0.3, -0.25) is 9.97 Å². The average Bonchev–Trinajstić information content (AvgIpc) is 3.43. The molecule has 0 bridgehead atoms. The summed E-state index contributed by atoms with van der Waals surface area (Å²) in [6.45, 7) is 13.0. The zero-order chi connectivity index (χ0) is 57.8. The van der Waals surface area contributed by atoms with Crippen molar-refractivity contribution in [2.24, 2.45) is 0 Å². The molecule has 2 aromatic heterocycles. The number of rotatable bonds is 16. The van der Waals surface area contributed by atoms with E-state index < -0.39 is 11.2 Å². The Morgan fingerprint density at radius 3 is 1.07 bits per heavy atom. The lowest BCUT2D eigenvalue weighted by atomic mass is 9.91. The van der Waals surface area contributed by atoms with Crippen LogP contribution >= 0.6 is 47.8 Å². The summed E-state index contributed by atoms with van der Waals surface area (Å²) >= 11 is 10.4. The highest BCUT2D eigenvalue weighted by Gasteiger charge is 2.26. The summed E-state index contributed by atoms with van der Waals surface area (Å²) in [4.78, 5) is 44.3. The van der Waals surface area contributed by atoms with Crippen molar-refractivity contribution in [1.29, 1.82) is 0 Å². The number of benzene rings is 6. The molecule has 2 N–H and O–H groups in total.